The maximum atomic E-state index is 12.5. The number of aromatic nitrogens is 1. The Morgan fingerprint density at radius 1 is 1.10 bits per heavy atom. The maximum absolute atomic E-state index is 12.5. The van der Waals surface area contributed by atoms with E-state index in [2.05, 4.69) is 18.8 Å². The monoisotopic (exact) mass is 410 g/mol. The molecule has 0 bridgehead atoms. The van der Waals surface area contributed by atoms with Gasteiger partial charge >= 0.3 is 5.97 Å². The van der Waals surface area contributed by atoms with Crippen molar-refractivity contribution in [2.24, 2.45) is 0 Å². The fourth-order valence-corrected chi connectivity index (χ4v) is 3.89. The van der Waals surface area contributed by atoms with Crippen LogP contribution in [-0.4, -0.2) is 47.1 Å². The van der Waals surface area contributed by atoms with E-state index in [4.69, 9.17) is 9.47 Å². The molecule has 2 atom stereocenters. The quantitative estimate of drug-likeness (QED) is 0.485. The van der Waals surface area contributed by atoms with Crippen molar-refractivity contribution < 1.29 is 19.1 Å². The molecule has 0 radical (unpaired) electrons. The van der Waals surface area contributed by atoms with Crippen LogP contribution >= 0.6 is 0 Å². The van der Waals surface area contributed by atoms with E-state index >= 15 is 0 Å². The highest BCUT2D eigenvalue weighted by molar-refractivity contribution is 5.89. The lowest BCUT2D eigenvalue weighted by Crippen LogP contribution is -2.49. The molecule has 1 aromatic heterocycles. The molecular weight excluding hydrogens is 380 g/mol. The van der Waals surface area contributed by atoms with Crippen LogP contribution in [0.4, 0.5) is 0 Å². The van der Waals surface area contributed by atoms with E-state index in [-0.39, 0.29) is 30.6 Å². The number of nitrogens with zero attached hydrogens (tertiary/aromatic N) is 2. The Labute approximate surface area is 178 Å². The van der Waals surface area contributed by atoms with Crippen LogP contribution in [0.15, 0.2) is 48.8 Å². The summed E-state index contributed by atoms with van der Waals surface area (Å²) < 4.78 is 11.0. The number of benzene rings is 1. The van der Waals surface area contributed by atoms with Gasteiger partial charge in [0.15, 0.2) is 6.61 Å². The highest BCUT2D eigenvalue weighted by atomic mass is 16.5. The first-order chi connectivity index (χ1) is 14.5. The molecular formula is C24H30N2O4. The lowest BCUT2D eigenvalue weighted by Gasteiger charge is -2.38. The number of esters is 1. The van der Waals surface area contributed by atoms with Gasteiger partial charge in [0.1, 0.15) is 5.75 Å². The number of likely N-dealkylation sites (tertiary alicyclic amines) is 1. The van der Waals surface area contributed by atoms with Gasteiger partial charge in [0.25, 0.3) is 5.91 Å². The molecule has 0 spiro atoms. The number of piperidine rings is 1. The van der Waals surface area contributed by atoms with Gasteiger partial charge in [0.2, 0.25) is 0 Å². The standard InChI is InChI=1S/C24H30N2O4/c1-18-6-3-7-19(2)26(18)23(27)17-30-22-12-10-21(11-13-22)24(28)29-15-5-9-20-8-4-14-25-16-20/h4,8,10-14,16,18-19H,3,5-7,9,15,17H2,1-2H3. The maximum Gasteiger partial charge on any atom is 0.338 e. The van der Waals surface area contributed by atoms with Crippen molar-refractivity contribution in [2.45, 2.75) is 58.0 Å². The number of pyridine rings is 1. The molecule has 1 aromatic carbocycles. The molecule has 0 N–H and O–H groups in total. The van der Waals surface area contributed by atoms with Crippen LogP contribution in [0, 0.1) is 0 Å². The molecule has 0 saturated carbocycles. The average molecular weight is 411 g/mol. The summed E-state index contributed by atoms with van der Waals surface area (Å²) in [5.74, 6) is 0.209. The van der Waals surface area contributed by atoms with Crippen LogP contribution in [0.2, 0.25) is 0 Å². The largest absolute Gasteiger partial charge is 0.484 e. The normalized spacial score (nSPS) is 18.7. The molecule has 3 rings (SSSR count). The number of carbonyl (C=O) groups is 2. The fraction of sp³-hybridized carbons (Fsp3) is 0.458. The van der Waals surface area contributed by atoms with Crippen molar-refractivity contribution in [3.63, 3.8) is 0 Å². The van der Waals surface area contributed by atoms with Gasteiger partial charge in [0.05, 0.1) is 12.2 Å². The number of carbonyl (C=O) groups excluding carboxylic acids is 2. The zero-order chi connectivity index (χ0) is 21.3. The van der Waals surface area contributed by atoms with Gasteiger partial charge in [-0.05, 0) is 81.8 Å². The number of aryl methyl sites for hydroxylation is 1. The summed E-state index contributed by atoms with van der Waals surface area (Å²) in [4.78, 5) is 30.7. The Morgan fingerprint density at radius 3 is 2.50 bits per heavy atom. The first-order valence-electron chi connectivity index (χ1n) is 10.6. The molecule has 1 aliphatic rings. The fourth-order valence-electron chi connectivity index (χ4n) is 3.89. The van der Waals surface area contributed by atoms with Crippen LogP contribution in [0.5, 0.6) is 5.75 Å². The Morgan fingerprint density at radius 2 is 1.83 bits per heavy atom. The smallest absolute Gasteiger partial charge is 0.338 e. The Hall–Kier alpha value is -2.89. The third-order valence-corrected chi connectivity index (χ3v) is 5.50. The van der Waals surface area contributed by atoms with E-state index in [1.807, 2.05) is 23.2 Å². The summed E-state index contributed by atoms with van der Waals surface area (Å²) in [6, 6.07) is 11.1. The second kappa shape index (κ2) is 10.8. The molecule has 2 aromatic rings. The molecule has 2 heterocycles. The average Bonchev–Trinajstić information content (AvgIpc) is 2.76. The predicted molar refractivity (Wildman–Crippen MR) is 114 cm³/mol. The molecule has 1 amide bonds. The summed E-state index contributed by atoms with van der Waals surface area (Å²) in [6.07, 6.45) is 8.35. The molecule has 1 aliphatic heterocycles. The number of hydrogen-bond donors (Lipinski definition) is 0. The summed E-state index contributed by atoms with van der Waals surface area (Å²) in [5, 5.41) is 0. The van der Waals surface area contributed by atoms with Gasteiger partial charge in [0, 0.05) is 24.5 Å². The van der Waals surface area contributed by atoms with Gasteiger partial charge in [-0.2, -0.15) is 0 Å². The minimum absolute atomic E-state index is 0.00630. The van der Waals surface area contributed by atoms with E-state index in [1.165, 1.54) is 0 Å². The molecule has 6 heteroatoms. The van der Waals surface area contributed by atoms with E-state index < -0.39 is 0 Å². The highest BCUT2D eigenvalue weighted by Gasteiger charge is 2.28. The van der Waals surface area contributed by atoms with Crippen molar-refractivity contribution in [2.75, 3.05) is 13.2 Å². The minimum atomic E-state index is -0.361. The second-order valence-corrected chi connectivity index (χ2v) is 7.84. The van der Waals surface area contributed by atoms with E-state index in [0.29, 0.717) is 17.9 Å². The second-order valence-electron chi connectivity index (χ2n) is 7.84. The van der Waals surface area contributed by atoms with Gasteiger partial charge in [-0.1, -0.05) is 6.07 Å². The Kier molecular flexibility index (Phi) is 7.82. The first-order valence-corrected chi connectivity index (χ1v) is 10.6. The molecule has 1 fully saturated rings. The molecule has 0 aliphatic carbocycles. The van der Waals surface area contributed by atoms with E-state index in [0.717, 1.165) is 37.7 Å². The molecule has 1 saturated heterocycles. The van der Waals surface area contributed by atoms with Crippen LogP contribution in [0.3, 0.4) is 0 Å². The minimum Gasteiger partial charge on any atom is -0.484 e. The molecule has 30 heavy (non-hydrogen) atoms. The zero-order valence-electron chi connectivity index (χ0n) is 17.8. The summed E-state index contributed by atoms with van der Waals surface area (Å²) in [6.45, 7) is 4.54. The lowest BCUT2D eigenvalue weighted by atomic mass is 9.97. The highest BCUT2D eigenvalue weighted by Crippen LogP contribution is 2.23. The third-order valence-electron chi connectivity index (χ3n) is 5.50. The van der Waals surface area contributed by atoms with E-state index in [9.17, 15) is 9.59 Å². The SMILES string of the molecule is CC1CCCC(C)N1C(=O)COc1ccc(C(=O)OCCCc2cccnc2)cc1. The van der Waals surface area contributed by atoms with Crippen LogP contribution in [-0.2, 0) is 16.0 Å². The lowest BCUT2D eigenvalue weighted by molar-refractivity contribution is -0.139. The molecule has 6 nitrogen and oxygen atoms in total. The van der Waals surface area contributed by atoms with E-state index in [1.54, 1.807) is 30.5 Å². The number of rotatable bonds is 8. The van der Waals surface area contributed by atoms with Crippen molar-refractivity contribution in [1.29, 1.82) is 0 Å². The van der Waals surface area contributed by atoms with Gasteiger partial charge in [-0.15, -0.1) is 0 Å². The van der Waals surface area contributed by atoms with Crippen LogP contribution < -0.4 is 4.74 Å². The van der Waals surface area contributed by atoms with Crippen LogP contribution in [0.1, 0.15) is 55.5 Å². The number of hydrogen-bond acceptors (Lipinski definition) is 5. The summed E-state index contributed by atoms with van der Waals surface area (Å²) >= 11 is 0. The van der Waals surface area contributed by atoms with Crippen molar-refractivity contribution in [3.05, 3.63) is 59.9 Å². The Bertz CT molecular complexity index is 813. The van der Waals surface area contributed by atoms with Crippen molar-refractivity contribution in [3.8, 4) is 5.75 Å². The number of ether oxygens (including phenoxy) is 2. The van der Waals surface area contributed by atoms with Gasteiger partial charge < -0.3 is 14.4 Å². The molecule has 160 valence electrons. The van der Waals surface area contributed by atoms with Gasteiger partial charge in [-0.25, -0.2) is 4.79 Å². The Balaban J connectivity index is 1.41. The van der Waals surface area contributed by atoms with Crippen molar-refractivity contribution in [1.82, 2.24) is 9.88 Å². The number of amides is 1. The topological polar surface area (TPSA) is 68.7 Å². The molecule has 2 unspecified atom stereocenters. The van der Waals surface area contributed by atoms with Crippen LogP contribution in [0.25, 0.3) is 0 Å². The zero-order valence-corrected chi connectivity index (χ0v) is 17.8. The van der Waals surface area contributed by atoms with Crippen molar-refractivity contribution >= 4 is 11.9 Å². The summed E-state index contributed by atoms with van der Waals surface area (Å²) in [5.41, 5.74) is 1.59. The third kappa shape index (κ3) is 6.05. The first kappa shape index (κ1) is 21.8. The predicted octanol–water partition coefficient (Wildman–Crippen LogP) is 4.04. The van der Waals surface area contributed by atoms with Gasteiger partial charge in [-0.3, -0.25) is 9.78 Å². The summed E-state index contributed by atoms with van der Waals surface area (Å²) in [7, 11) is 0.